The first kappa shape index (κ1) is 18.9. The van der Waals surface area contributed by atoms with E-state index in [0.29, 0.717) is 26.1 Å². The number of benzene rings is 1. The van der Waals surface area contributed by atoms with Gasteiger partial charge in [0.05, 0.1) is 0 Å². The molecule has 6 nitrogen and oxygen atoms in total. The fourth-order valence-electron chi connectivity index (χ4n) is 3.36. The van der Waals surface area contributed by atoms with E-state index in [9.17, 15) is 9.59 Å². The third-order valence-corrected chi connectivity index (χ3v) is 4.85. The van der Waals surface area contributed by atoms with Gasteiger partial charge in [-0.15, -0.1) is 0 Å². The highest BCUT2D eigenvalue weighted by molar-refractivity contribution is 5.92. The maximum absolute atomic E-state index is 12.6. The van der Waals surface area contributed by atoms with Crippen LogP contribution in [0.4, 0.5) is 11.5 Å². The lowest BCUT2D eigenvalue weighted by Gasteiger charge is -2.35. The molecule has 1 aliphatic rings. The molecular weight excluding hydrogens is 340 g/mol. The molecule has 1 saturated heterocycles. The van der Waals surface area contributed by atoms with E-state index in [-0.39, 0.29) is 11.8 Å². The molecule has 0 saturated carbocycles. The van der Waals surface area contributed by atoms with Crippen LogP contribution in [-0.4, -0.2) is 54.4 Å². The van der Waals surface area contributed by atoms with Gasteiger partial charge in [0.2, 0.25) is 11.8 Å². The Balaban J connectivity index is 1.54. The smallest absolute Gasteiger partial charge is 0.224 e. The van der Waals surface area contributed by atoms with Crippen molar-refractivity contribution in [3.63, 3.8) is 0 Å². The van der Waals surface area contributed by atoms with Crippen molar-refractivity contribution in [2.75, 3.05) is 42.5 Å². The second kappa shape index (κ2) is 8.66. The van der Waals surface area contributed by atoms with Crippen LogP contribution in [0.25, 0.3) is 0 Å². The second-order valence-electron chi connectivity index (χ2n) is 6.82. The number of hydrogen-bond donors (Lipinski definition) is 0. The van der Waals surface area contributed by atoms with Gasteiger partial charge < -0.3 is 14.7 Å². The number of amides is 2. The topological polar surface area (TPSA) is 56.8 Å². The van der Waals surface area contributed by atoms with Crippen molar-refractivity contribution in [3.8, 4) is 0 Å². The van der Waals surface area contributed by atoms with Crippen LogP contribution < -0.4 is 9.80 Å². The van der Waals surface area contributed by atoms with Gasteiger partial charge >= 0.3 is 0 Å². The molecule has 6 heteroatoms. The SMILES string of the molecule is CC(=O)N(CCC(=O)N1CCN(c2ccccn2)CC1)c1cccc(C)c1. The van der Waals surface area contributed by atoms with Crippen molar-refractivity contribution < 1.29 is 9.59 Å². The number of piperazine rings is 1. The molecule has 2 aromatic rings. The van der Waals surface area contributed by atoms with Gasteiger partial charge in [0.25, 0.3) is 0 Å². The highest BCUT2D eigenvalue weighted by atomic mass is 16.2. The van der Waals surface area contributed by atoms with Crippen LogP contribution in [0.15, 0.2) is 48.7 Å². The number of nitrogens with zero attached hydrogens (tertiary/aromatic N) is 4. The van der Waals surface area contributed by atoms with E-state index < -0.39 is 0 Å². The normalized spacial score (nSPS) is 14.1. The first-order chi connectivity index (χ1) is 13.0. The fourth-order valence-corrected chi connectivity index (χ4v) is 3.36. The summed E-state index contributed by atoms with van der Waals surface area (Å²) < 4.78 is 0. The molecule has 0 aliphatic carbocycles. The Morgan fingerprint density at radius 1 is 1.07 bits per heavy atom. The average molecular weight is 366 g/mol. The highest BCUT2D eigenvalue weighted by Crippen LogP contribution is 2.17. The Morgan fingerprint density at radius 3 is 2.48 bits per heavy atom. The molecule has 0 N–H and O–H groups in total. The molecule has 0 bridgehead atoms. The van der Waals surface area contributed by atoms with Crippen molar-refractivity contribution in [2.45, 2.75) is 20.3 Å². The summed E-state index contributed by atoms with van der Waals surface area (Å²) >= 11 is 0. The van der Waals surface area contributed by atoms with E-state index in [2.05, 4.69) is 9.88 Å². The molecule has 1 aliphatic heterocycles. The summed E-state index contributed by atoms with van der Waals surface area (Å²) in [6, 6.07) is 13.7. The molecule has 2 amide bonds. The fraction of sp³-hybridized carbons (Fsp3) is 0.381. The van der Waals surface area contributed by atoms with Crippen LogP contribution >= 0.6 is 0 Å². The Kier molecular flexibility index (Phi) is 6.06. The van der Waals surface area contributed by atoms with Gasteiger partial charge in [-0.25, -0.2) is 4.98 Å². The third-order valence-electron chi connectivity index (χ3n) is 4.85. The summed E-state index contributed by atoms with van der Waals surface area (Å²) in [7, 11) is 0. The van der Waals surface area contributed by atoms with Gasteiger partial charge in [0.1, 0.15) is 5.82 Å². The molecule has 3 rings (SSSR count). The summed E-state index contributed by atoms with van der Waals surface area (Å²) in [5.74, 6) is 0.995. The Morgan fingerprint density at radius 2 is 1.85 bits per heavy atom. The lowest BCUT2D eigenvalue weighted by atomic mass is 10.2. The standard InChI is InChI=1S/C21H26N4O2/c1-17-6-5-7-19(16-17)25(18(2)26)11-9-21(27)24-14-12-23(13-15-24)20-8-3-4-10-22-20/h3-8,10,16H,9,11-15H2,1-2H3. The number of anilines is 2. The Bertz CT molecular complexity index is 786. The predicted molar refractivity (Wildman–Crippen MR) is 107 cm³/mol. The van der Waals surface area contributed by atoms with Gasteiger partial charge in [0, 0.05) is 58.0 Å². The van der Waals surface area contributed by atoms with Crippen LogP contribution in [0.5, 0.6) is 0 Å². The first-order valence-electron chi connectivity index (χ1n) is 9.33. The number of hydrogen-bond acceptors (Lipinski definition) is 4. The van der Waals surface area contributed by atoms with Gasteiger partial charge in [-0.2, -0.15) is 0 Å². The lowest BCUT2D eigenvalue weighted by molar-refractivity contribution is -0.131. The van der Waals surface area contributed by atoms with Crippen LogP contribution in [0, 0.1) is 6.92 Å². The van der Waals surface area contributed by atoms with Gasteiger partial charge in [-0.1, -0.05) is 18.2 Å². The largest absolute Gasteiger partial charge is 0.353 e. The van der Waals surface area contributed by atoms with Gasteiger partial charge in [0.15, 0.2) is 0 Å². The molecule has 2 heterocycles. The zero-order valence-corrected chi connectivity index (χ0v) is 16.0. The van der Waals surface area contributed by atoms with Crippen molar-refractivity contribution in [3.05, 3.63) is 54.2 Å². The molecule has 0 radical (unpaired) electrons. The number of carbonyl (C=O) groups is 2. The molecule has 1 fully saturated rings. The molecule has 27 heavy (non-hydrogen) atoms. The predicted octanol–water partition coefficient (Wildman–Crippen LogP) is 2.48. The van der Waals surface area contributed by atoms with Crippen LogP contribution in [0.3, 0.4) is 0 Å². The molecule has 1 aromatic heterocycles. The molecule has 0 atom stereocenters. The quantitative estimate of drug-likeness (QED) is 0.816. The summed E-state index contributed by atoms with van der Waals surface area (Å²) in [6.07, 6.45) is 2.12. The van der Waals surface area contributed by atoms with Crippen molar-refractivity contribution in [1.82, 2.24) is 9.88 Å². The number of pyridine rings is 1. The van der Waals surface area contributed by atoms with E-state index in [1.54, 1.807) is 18.0 Å². The Hall–Kier alpha value is -2.89. The van der Waals surface area contributed by atoms with E-state index in [0.717, 1.165) is 30.2 Å². The van der Waals surface area contributed by atoms with Crippen molar-refractivity contribution in [2.24, 2.45) is 0 Å². The average Bonchev–Trinajstić information content (AvgIpc) is 2.68. The number of aryl methyl sites for hydroxylation is 1. The summed E-state index contributed by atoms with van der Waals surface area (Å²) in [5, 5.41) is 0. The first-order valence-corrected chi connectivity index (χ1v) is 9.33. The molecule has 142 valence electrons. The van der Waals surface area contributed by atoms with E-state index in [1.165, 1.54) is 0 Å². The van der Waals surface area contributed by atoms with E-state index >= 15 is 0 Å². The minimum absolute atomic E-state index is 0.0478. The summed E-state index contributed by atoms with van der Waals surface area (Å²) in [6.45, 7) is 6.85. The molecule has 0 spiro atoms. The molecule has 0 unspecified atom stereocenters. The monoisotopic (exact) mass is 366 g/mol. The zero-order valence-electron chi connectivity index (χ0n) is 16.0. The van der Waals surface area contributed by atoms with Crippen LogP contribution in [-0.2, 0) is 9.59 Å². The van der Waals surface area contributed by atoms with Gasteiger partial charge in [-0.05, 0) is 36.8 Å². The van der Waals surface area contributed by atoms with Crippen LogP contribution in [0.1, 0.15) is 18.9 Å². The minimum atomic E-state index is -0.0478. The maximum atomic E-state index is 12.6. The minimum Gasteiger partial charge on any atom is -0.353 e. The highest BCUT2D eigenvalue weighted by Gasteiger charge is 2.22. The number of aromatic nitrogens is 1. The Labute approximate surface area is 160 Å². The van der Waals surface area contributed by atoms with Gasteiger partial charge in [-0.3, -0.25) is 9.59 Å². The number of rotatable bonds is 5. The maximum Gasteiger partial charge on any atom is 0.224 e. The van der Waals surface area contributed by atoms with Crippen LogP contribution in [0.2, 0.25) is 0 Å². The van der Waals surface area contributed by atoms with Crippen molar-refractivity contribution >= 4 is 23.3 Å². The second-order valence-corrected chi connectivity index (χ2v) is 6.82. The zero-order chi connectivity index (χ0) is 19.2. The van der Waals surface area contributed by atoms with E-state index in [4.69, 9.17) is 0 Å². The molecular formula is C21H26N4O2. The third kappa shape index (κ3) is 4.84. The molecule has 1 aromatic carbocycles. The summed E-state index contributed by atoms with van der Waals surface area (Å²) in [5.41, 5.74) is 1.94. The number of carbonyl (C=O) groups excluding carboxylic acids is 2. The lowest BCUT2D eigenvalue weighted by Crippen LogP contribution is -2.49. The summed E-state index contributed by atoms with van der Waals surface area (Å²) in [4.78, 5) is 34.8. The van der Waals surface area contributed by atoms with Crippen molar-refractivity contribution in [1.29, 1.82) is 0 Å². The van der Waals surface area contributed by atoms with E-state index in [1.807, 2.05) is 54.3 Å².